The third-order valence-electron chi connectivity index (χ3n) is 3.54. The van der Waals surface area contributed by atoms with E-state index in [9.17, 15) is 4.79 Å². The summed E-state index contributed by atoms with van der Waals surface area (Å²) in [5.74, 6) is 0.883. The lowest BCUT2D eigenvalue weighted by atomic mass is 10.0. The lowest BCUT2D eigenvalue weighted by Gasteiger charge is -2.19. The van der Waals surface area contributed by atoms with E-state index in [4.69, 9.17) is 10.3 Å². The Morgan fingerprint density at radius 3 is 2.88 bits per heavy atom. The Hall–Kier alpha value is -1.36. The number of nitrogens with zero attached hydrogens (tertiary/aromatic N) is 1. The molecular formula is C12H19N3O2. The van der Waals surface area contributed by atoms with Crippen LogP contribution in [0.5, 0.6) is 0 Å². The Kier molecular flexibility index (Phi) is 3.47. The predicted octanol–water partition coefficient (Wildman–Crippen LogP) is 1.15. The van der Waals surface area contributed by atoms with E-state index in [1.807, 2.05) is 0 Å². The fraction of sp³-hybridized carbons (Fsp3) is 0.667. The fourth-order valence-corrected chi connectivity index (χ4v) is 2.56. The zero-order valence-corrected chi connectivity index (χ0v) is 10.3. The maximum atomic E-state index is 12.1. The van der Waals surface area contributed by atoms with Crippen LogP contribution in [-0.4, -0.2) is 23.7 Å². The van der Waals surface area contributed by atoms with Crippen molar-refractivity contribution in [2.75, 3.05) is 6.54 Å². The molecular weight excluding hydrogens is 218 g/mol. The van der Waals surface area contributed by atoms with Crippen LogP contribution < -0.4 is 11.1 Å². The maximum Gasteiger partial charge on any atom is 0.257 e. The summed E-state index contributed by atoms with van der Waals surface area (Å²) in [6, 6.07) is 0.196. The number of aromatic nitrogens is 1. The molecule has 2 unspecified atom stereocenters. The molecule has 1 aromatic heterocycles. The number of hydrogen-bond donors (Lipinski definition) is 2. The average Bonchev–Trinajstić information content (AvgIpc) is 2.85. The zero-order valence-electron chi connectivity index (χ0n) is 10.3. The summed E-state index contributed by atoms with van der Waals surface area (Å²) in [5, 5.41) is 6.84. The van der Waals surface area contributed by atoms with Crippen molar-refractivity contribution < 1.29 is 9.32 Å². The monoisotopic (exact) mass is 237 g/mol. The van der Waals surface area contributed by atoms with Gasteiger partial charge in [0.1, 0.15) is 11.3 Å². The molecule has 0 bridgehead atoms. The van der Waals surface area contributed by atoms with E-state index in [1.165, 1.54) is 0 Å². The molecule has 0 spiro atoms. The van der Waals surface area contributed by atoms with E-state index in [-0.39, 0.29) is 11.9 Å². The second kappa shape index (κ2) is 4.87. The van der Waals surface area contributed by atoms with Gasteiger partial charge in [-0.3, -0.25) is 4.79 Å². The van der Waals surface area contributed by atoms with Crippen LogP contribution in [0.2, 0.25) is 0 Å². The van der Waals surface area contributed by atoms with Gasteiger partial charge in [-0.25, -0.2) is 0 Å². The molecule has 1 heterocycles. The van der Waals surface area contributed by atoms with Crippen molar-refractivity contribution in [2.24, 2.45) is 11.7 Å². The first-order valence-electron chi connectivity index (χ1n) is 6.07. The molecule has 5 nitrogen and oxygen atoms in total. The lowest BCUT2D eigenvalue weighted by Crippen LogP contribution is -2.40. The largest absolute Gasteiger partial charge is 0.361 e. The van der Waals surface area contributed by atoms with Gasteiger partial charge < -0.3 is 15.6 Å². The quantitative estimate of drug-likeness (QED) is 0.826. The number of carbonyl (C=O) groups is 1. The summed E-state index contributed by atoms with van der Waals surface area (Å²) in [7, 11) is 0. The van der Waals surface area contributed by atoms with Crippen molar-refractivity contribution in [3.8, 4) is 0 Å². The average molecular weight is 237 g/mol. The molecule has 1 aliphatic rings. The summed E-state index contributed by atoms with van der Waals surface area (Å²) in [4.78, 5) is 12.1. The Morgan fingerprint density at radius 2 is 2.29 bits per heavy atom. The minimum absolute atomic E-state index is 0.0911. The molecule has 17 heavy (non-hydrogen) atoms. The maximum absolute atomic E-state index is 12.1. The molecule has 1 fully saturated rings. The van der Waals surface area contributed by atoms with Gasteiger partial charge in [-0.15, -0.1) is 0 Å². The first kappa shape index (κ1) is 12.1. The van der Waals surface area contributed by atoms with E-state index >= 15 is 0 Å². The van der Waals surface area contributed by atoms with Crippen LogP contribution in [0.25, 0.3) is 0 Å². The van der Waals surface area contributed by atoms with Gasteiger partial charge >= 0.3 is 0 Å². The molecule has 0 radical (unpaired) electrons. The SMILES string of the molecule is Cc1noc(C)c1C(=O)NC1CCCC1CN. The van der Waals surface area contributed by atoms with Gasteiger partial charge in [-0.05, 0) is 39.2 Å². The van der Waals surface area contributed by atoms with Crippen LogP contribution in [0.1, 0.15) is 41.1 Å². The molecule has 2 atom stereocenters. The smallest absolute Gasteiger partial charge is 0.257 e. The van der Waals surface area contributed by atoms with Gasteiger partial charge in [0.25, 0.3) is 5.91 Å². The highest BCUT2D eigenvalue weighted by Gasteiger charge is 2.29. The van der Waals surface area contributed by atoms with E-state index in [2.05, 4.69) is 10.5 Å². The first-order valence-corrected chi connectivity index (χ1v) is 6.07. The van der Waals surface area contributed by atoms with Crippen LogP contribution in [0, 0.1) is 19.8 Å². The van der Waals surface area contributed by atoms with Crippen molar-refractivity contribution in [3.05, 3.63) is 17.0 Å². The Balaban J connectivity index is 2.07. The minimum atomic E-state index is -0.0911. The predicted molar refractivity (Wildman–Crippen MR) is 63.6 cm³/mol. The molecule has 1 amide bonds. The van der Waals surface area contributed by atoms with Crippen LogP contribution in [-0.2, 0) is 0 Å². The standard InChI is InChI=1S/C12H19N3O2/c1-7-11(8(2)17-15-7)12(16)14-10-5-3-4-9(10)6-13/h9-10H,3-6,13H2,1-2H3,(H,14,16). The molecule has 0 aliphatic heterocycles. The third kappa shape index (κ3) is 2.34. The van der Waals surface area contributed by atoms with Crippen molar-refractivity contribution in [1.82, 2.24) is 10.5 Å². The summed E-state index contributed by atoms with van der Waals surface area (Å²) in [6.45, 7) is 4.16. The molecule has 1 saturated carbocycles. The van der Waals surface area contributed by atoms with Gasteiger partial charge in [-0.2, -0.15) is 0 Å². The molecule has 0 saturated heterocycles. The second-order valence-electron chi connectivity index (χ2n) is 4.71. The summed E-state index contributed by atoms with van der Waals surface area (Å²) >= 11 is 0. The lowest BCUT2D eigenvalue weighted by molar-refractivity contribution is 0.0926. The summed E-state index contributed by atoms with van der Waals surface area (Å²) < 4.78 is 5.00. The van der Waals surface area contributed by atoms with Crippen LogP contribution in [0.15, 0.2) is 4.52 Å². The number of nitrogens with two attached hydrogens (primary N) is 1. The van der Waals surface area contributed by atoms with Crippen LogP contribution >= 0.6 is 0 Å². The van der Waals surface area contributed by atoms with Crippen molar-refractivity contribution in [2.45, 2.75) is 39.2 Å². The highest BCUT2D eigenvalue weighted by atomic mass is 16.5. The highest BCUT2D eigenvalue weighted by molar-refractivity contribution is 5.96. The Bertz CT molecular complexity index is 394. The molecule has 1 aliphatic carbocycles. The van der Waals surface area contributed by atoms with Gasteiger partial charge in [0.05, 0.1) is 5.69 Å². The van der Waals surface area contributed by atoms with Gasteiger partial charge in [0, 0.05) is 6.04 Å². The molecule has 94 valence electrons. The molecule has 1 aromatic rings. The topological polar surface area (TPSA) is 81.2 Å². The molecule has 5 heteroatoms. The number of nitrogens with one attached hydrogen (secondary N) is 1. The van der Waals surface area contributed by atoms with E-state index in [1.54, 1.807) is 13.8 Å². The summed E-state index contributed by atoms with van der Waals surface area (Å²) in [5.41, 5.74) is 6.90. The first-order chi connectivity index (χ1) is 8.13. The Morgan fingerprint density at radius 1 is 1.53 bits per heavy atom. The number of rotatable bonds is 3. The minimum Gasteiger partial charge on any atom is -0.361 e. The van der Waals surface area contributed by atoms with E-state index in [0.29, 0.717) is 29.5 Å². The number of amides is 1. The normalized spacial score (nSPS) is 23.9. The Labute approximate surface area is 101 Å². The number of aryl methyl sites for hydroxylation is 2. The van der Waals surface area contributed by atoms with Crippen molar-refractivity contribution in [1.29, 1.82) is 0 Å². The van der Waals surface area contributed by atoms with Crippen LogP contribution in [0.3, 0.4) is 0 Å². The fourth-order valence-electron chi connectivity index (χ4n) is 2.56. The molecule has 3 N–H and O–H groups in total. The highest BCUT2D eigenvalue weighted by Crippen LogP contribution is 2.25. The summed E-state index contributed by atoms with van der Waals surface area (Å²) in [6.07, 6.45) is 3.24. The van der Waals surface area contributed by atoms with Gasteiger partial charge in [0.15, 0.2) is 0 Å². The van der Waals surface area contributed by atoms with Gasteiger partial charge in [0.2, 0.25) is 0 Å². The zero-order chi connectivity index (χ0) is 12.4. The van der Waals surface area contributed by atoms with Crippen molar-refractivity contribution >= 4 is 5.91 Å². The number of hydrogen-bond acceptors (Lipinski definition) is 4. The van der Waals surface area contributed by atoms with E-state index < -0.39 is 0 Å². The number of carbonyl (C=O) groups excluding carboxylic acids is 1. The van der Waals surface area contributed by atoms with Gasteiger partial charge in [-0.1, -0.05) is 11.6 Å². The van der Waals surface area contributed by atoms with E-state index in [0.717, 1.165) is 19.3 Å². The molecule has 0 aromatic carbocycles. The third-order valence-corrected chi connectivity index (χ3v) is 3.54. The molecule has 2 rings (SSSR count). The van der Waals surface area contributed by atoms with Crippen molar-refractivity contribution in [3.63, 3.8) is 0 Å². The van der Waals surface area contributed by atoms with Crippen LogP contribution in [0.4, 0.5) is 0 Å². The second-order valence-corrected chi connectivity index (χ2v) is 4.71.